The Morgan fingerprint density at radius 1 is 1.26 bits per heavy atom. The predicted octanol–water partition coefficient (Wildman–Crippen LogP) is 4.85. The second kappa shape index (κ2) is 8.69. The molecule has 3 aromatic rings. The van der Waals surface area contributed by atoms with Crippen molar-refractivity contribution in [2.75, 3.05) is 10.2 Å². The zero-order chi connectivity index (χ0) is 22.1. The molecule has 0 radical (unpaired) electrons. The van der Waals surface area contributed by atoms with E-state index in [-0.39, 0.29) is 23.9 Å². The van der Waals surface area contributed by atoms with Gasteiger partial charge in [0.1, 0.15) is 0 Å². The molecule has 1 aliphatic rings. The topological polar surface area (TPSA) is 62.2 Å². The largest absolute Gasteiger partial charge is 0.357 e. The third-order valence-electron chi connectivity index (χ3n) is 5.31. The molecule has 160 valence electrons. The fourth-order valence-electron chi connectivity index (χ4n) is 3.70. The molecule has 0 saturated carbocycles. The molecule has 6 nitrogen and oxygen atoms in total. The summed E-state index contributed by atoms with van der Waals surface area (Å²) in [7, 11) is 1.99. The Hall–Kier alpha value is -2.90. The molecule has 0 spiro atoms. The van der Waals surface area contributed by atoms with Crippen LogP contribution in [0.2, 0.25) is 5.02 Å². The summed E-state index contributed by atoms with van der Waals surface area (Å²) in [6.45, 7) is 3.68. The molecule has 0 bridgehead atoms. The standard InChI is InChI=1S/C23H24ClN5OS/c1-14(2)22(30)26-18-8-7-16(12-17(18)24)29-21(15-9-11-28(3)13-15)20(27-23(29)31)19-6-4-5-10-25-19/h4-14,20-21H,1-3H3,(H,26,30)(H,27,31)/t20-,21-/m0/s1. The van der Waals surface area contributed by atoms with Crippen LogP contribution < -0.4 is 15.5 Å². The van der Waals surface area contributed by atoms with Gasteiger partial charge in [-0.1, -0.05) is 31.5 Å². The maximum absolute atomic E-state index is 12.1. The van der Waals surface area contributed by atoms with Gasteiger partial charge in [-0.3, -0.25) is 9.78 Å². The summed E-state index contributed by atoms with van der Waals surface area (Å²) in [6.07, 6.45) is 5.89. The van der Waals surface area contributed by atoms with Crippen LogP contribution in [-0.2, 0) is 11.8 Å². The van der Waals surface area contributed by atoms with E-state index in [0.29, 0.717) is 15.8 Å². The van der Waals surface area contributed by atoms with Gasteiger partial charge in [-0.2, -0.15) is 0 Å². The molecule has 2 atom stereocenters. The van der Waals surface area contributed by atoms with Crippen molar-refractivity contribution in [2.45, 2.75) is 25.9 Å². The number of pyridine rings is 1. The first-order chi connectivity index (χ1) is 14.8. The Labute approximate surface area is 192 Å². The summed E-state index contributed by atoms with van der Waals surface area (Å²) in [5.41, 5.74) is 3.45. The number of aromatic nitrogens is 2. The maximum atomic E-state index is 12.1. The third kappa shape index (κ3) is 4.29. The fourth-order valence-corrected chi connectivity index (χ4v) is 4.27. The number of carbonyl (C=O) groups is 1. The molecule has 1 aromatic carbocycles. The van der Waals surface area contributed by atoms with Crippen molar-refractivity contribution < 1.29 is 4.79 Å². The SMILES string of the molecule is CC(C)C(=O)Nc1ccc(N2C(=S)N[C@@H](c3ccccn3)[C@@H]2c2ccn(C)c2)cc1Cl. The highest BCUT2D eigenvalue weighted by Gasteiger charge is 2.41. The van der Waals surface area contributed by atoms with Gasteiger partial charge in [0.05, 0.1) is 28.5 Å². The van der Waals surface area contributed by atoms with Crippen LogP contribution in [0, 0.1) is 5.92 Å². The van der Waals surface area contributed by atoms with Crippen molar-refractivity contribution in [3.8, 4) is 0 Å². The van der Waals surface area contributed by atoms with Gasteiger partial charge in [-0.05, 0) is 54.2 Å². The minimum absolute atomic E-state index is 0.0783. The lowest BCUT2D eigenvalue weighted by molar-refractivity contribution is -0.118. The molecule has 2 N–H and O–H groups in total. The Morgan fingerprint density at radius 3 is 2.68 bits per heavy atom. The highest BCUT2D eigenvalue weighted by atomic mass is 35.5. The Bertz CT molecular complexity index is 1110. The van der Waals surface area contributed by atoms with Gasteiger partial charge in [0.15, 0.2) is 5.11 Å². The highest BCUT2D eigenvalue weighted by Crippen LogP contribution is 2.42. The van der Waals surface area contributed by atoms with Gasteiger partial charge in [-0.25, -0.2) is 0 Å². The van der Waals surface area contributed by atoms with Gasteiger partial charge in [0.25, 0.3) is 0 Å². The highest BCUT2D eigenvalue weighted by molar-refractivity contribution is 7.80. The van der Waals surface area contributed by atoms with Crippen molar-refractivity contribution in [1.29, 1.82) is 0 Å². The number of anilines is 2. The van der Waals surface area contributed by atoms with Crippen LogP contribution >= 0.6 is 23.8 Å². The van der Waals surface area contributed by atoms with Crippen molar-refractivity contribution in [3.05, 3.63) is 77.3 Å². The van der Waals surface area contributed by atoms with E-state index in [1.807, 2.05) is 68.1 Å². The first-order valence-corrected chi connectivity index (χ1v) is 10.9. The van der Waals surface area contributed by atoms with Crippen molar-refractivity contribution in [3.63, 3.8) is 0 Å². The monoisotopic (exact) mass is 453 g/mol. The van der Waals surface area contributed by atoms with Gasteiger partial charge < -0.3 is 20.1 Å². The van der Waals surface area contributed by atoms with Crippen molar-refractivity contribution in [2.24, 2.45) is 13.0 Å². The Balaban J connectivity index is 1.73. The molecular formula is C23H24ClN5OS. The molecule has 4 rings (SSSR count). The number of benzene rings is 1. The molecule has 1 fully saturated rings. The summed E-state index contributed by atoms with van der Waals surface area (Å²) < 4.78 is 2.02. The molecule has 8 heteroatoms. The van der Waals surface area contributed by atoms with Crippen LogP contribution in [0.4, 0.5) is 11.4 Å². The minimum Gasteiger partial charge on any atom is -0.357 e. The molecule has 1 amide bonds. The molecule has 31 heavy (non-hydrogen) atoms. The van der Waals surface area contributed by atoms with Crippen LogP contribution in [0.5, 0.6) is 0 Å². The van der Waals surface area contributed by atoms with E-state index in [0.717, 1.165) is 16.9 Å². The molecule has 2 aromatic heterocycles. The van der Waals surface area contributed by atoms with Gasteiger partial charge >= 0.3 is 0 Å². The lowest BCUT2D eigenvalue weighted by Gasteiger charge is -2.27. The van der Waals surface area contributed by atoms with Gasteiger partial charge in [-0.15, -0.1) is 0 Å². The van der Waals surface area contributed by atoms with Gasteiger partial charge in [0, 0.05) is 37.2 Å². The Kier molecular flexibility index (Phi) is 5.98. The maximum Gasteiger partial charge on any atom is 0.226 e. The molecule has 0 aliphatic carbocycles. The molecule has 3 heterocycles. The first-order valence-electron chi connectivity index (χ1n) is 10.1. The molecule has 0 unspecified atom stereocenters. The van der Waals surface area contributed by atoms with E-state index in [2.05, 4.69) is 32.8 Å². The summed E-state index contributed by atoms with van der Waals surface area (Å²) in [5.74, 6) is -0.210. The van der Waals surface area contributed by atoms with E-state index in [1.165, 1.54) is 0 Å². The van der Waals surface area contributed by atoms with Crippen LogP contribution in [0.3, 0.4) is 0 Å². The van der Waals surface area contributed by atoms with Crippen LogP contribution in [0.25, 0.3) is 0 Å². The van der Waals surface area contributed by atoms with E-state index in [4.69, 9.17) is 23.8 Å². The normalized spacial score (nSPS) is 18.4. The number of nitrogens with zero attached hydrogens (tertiary/aromatic N) is 3. The average Bonchev–Trinajstić information content (AvgIpc) is 3.32. The van der Waals surface area contributed by atoms with Crippen LogP contribution in [-0.4, -0.2) is 20.6 Å². The average molecular weight is 454 g/mol. The van der Waals surface area contributed by atoms with Crippen LogP contribution in [0.1, 0.15) is 37.2 Å². The van der Waals surface area contributed by atoms with Crippen LogP contribution in [0.15, 0.2) is 61.1 Å². The van der Waals surface area contributed by atoms with E-state index < -0.39 is 0 Å². The van der Waals surface area contributed by atoms with E-state index in [1.54, 1.807) is 6.20 Å². The van der Waals surface area contributed by atoms with Crippen molar-refractivity contribution in [1.82, 2.24) is 14.9 Å². The lowest BCUT2D eigenvalue weighted by Crippen LogP contribution is -2.29. The number of halogens is 1. The summed E-state index contributed by atoms with van der Waals surface area (Å²) >= 11 is 12.3. The van der Waals surface area contributed by atoms with Gasteiger partial charge in [0.2, 0.25) is 5.91 Å². The summed E-state index contributed by atoms with van der Waals surface area (Å²) in [4.78, 5) is 18.7. The molecular weight excluding hydrogens is 430 g/mol. The Morgan fingerprint density at radius 2 is 2.06 bits per heavy atom. The number of amides is 1. The number of carbonyl (C=O) groups excluding carboxylic acids is 1. The third-order valence-corrected chi connectivity index (χ3v) is 5.93. The number of hydrogen-bond acceptors (Lipinski definition) is 3. The predicted molar refractivity (Wildman–Crippen MR) is 128 cm³/mol. The quantitative estimate of drug-likeness (QED) is 0.541. The first kappa shape index (κ1) is 21.3. The second-order valence-electron chi connectivity index (χ2n) is 7.92. The minimum atomic E-state index is -0.132. The summed E-state index contributed by atoms with van der Waals surface area (Å²) in [6, 6.07) is 13.3. The fraction of sp³-hybridized carbons (Fsp3) is 0.261. The smallest absolute Gasteiger partial charge is 0.226 e. The number of aryl methyl sites for hydroxylation is 1. The van der Waals surface area contributed by atoms with Crippen molar-refractivity contribution >= 4 is 46.2 Å². The zero-order valence-electron chi connectivity index (χ0n) is 17.5. The van der Waals surface area contributed by atoms with E-state index in [9.17, 15) is 4.79 Å². The number of hydrogen-bond donors (Lipinski definition) is 2. The number of nitrogens with one attached hydrogen (secondary N) is 2. The zero-order valence-corrected chi connectivity index (χ0v) is 19.1. The summed E-state index contributed by atoms with van der Waals surface area (Å²) in [5, 5.41) is 7.36. The lowest BCUT2D eigenvalue weighted by atomic mass is 9.98. The number of rotatable bonds is 5. The number of thiocarbonyl (C=S) groups is 1. The van der Waals surface area contributed by atoms with E-state index >= 15 is 0 Å². The molecule has 1 aliphatic heterocycles. The second-order valence-corrected chi connectivity index (χ2v) is 8.71. The molecule has 1 saturated heterocycles.